The van der Waals surface area contributed by atoms with Crippen molar-refractivity contribution in [2.45, 2.75) is 20.3 Å². The molecule has 0 radical (unpaired) electrons. The minimum Gasteiger partial charge on any atom is -0.438 e. The fraction of sp³-hybridized carbons (Fsp3) is 0.400. The van der Waals surface area contributed by atoms with Crippen molar-refractivity contribution in [1.82, 2.24) is 10.3 Å². The van der Waals surface area contributed by atoms with E-state index in [0.717, 1.165) is 6.42 Å². The molecule has 0 unspecified atom stereocenters. The third-order valence-corrected chi connectivity index (χ3v) is 1.78. The smallest absolute Gasteiger partial charge is 0.289 e. The van der Waals surface area contributed by atoms with E-state index in [0.29, 0.717) is 18.0 Å². The Bertz CT molecular complexity index is 329. The molecule has 1 rings (SSSR count). The van der Waals surface area contributed by atoms with E-state index >= 15 is 0 Å². The fourth-order valence-corrected chi connectivity index (χ4v) is 1.04. The number of nitrogens with zero attached hydrogens (tertiary/aromatic N) is 1. The lowest BCUT2D eigenvalue weighted by molar-refractivity contribution is 0.0926. The first-order valence-electron chi connectivity index (χ1n) is 4.55. The van der Waals surface area contributed by atoms with Crippen molar-refractivity contribution >= 4 is 5.91 Å². The Labute approximate surface area is 83.0 Å². The molecule has 0 saturated heterocycles. The SMILES string of the molecule is C/C=C/CCNC(=O)c1ocnc1C. The lowest BCUT2D eigenvalue weighted by Gasteiger charge is -1.99. The Kier molecular flexibility index (Phi) is 3.91. The molecule has 0 bridgehead atoms. The first-order chi connectivity index (χ1) is 6.75. The summed E-state index contributed by atoms with van der Waals surface area (Å²) in [7, 11) is 0. The van der Waals surface area contributed by atoms with Crippen LogP contribution in [0.1, 0.15) is 29.6 Å². The number of aryl methyl sites for hydroxylation is 1. The van der Waals surface area contributed by atoms with Crippen LogP contribution >= 0.6 is 0 Å². The van der Waals surface area contributed by atoms with E-state index in [1.54, 1.807) is 6.92 Å². The molecule has 14 heavy (non-hydrogen) atoms. The minimum absolute atomic E-state index is 0.204. The second-order valence-electron chi connectivity index (χ2n) is 2.88. The molecule has 4 nitrogen and oxygen atoms in total. The molecule has 1 N–H and O–H groups in total. The number of amides is 1. The number of allylic oxidation sites excluding steroid dienone is 1. The van der Waals surface area contributed by atoms with Crippen molar-refractivity contribution in [3.05, 3.63) is 30.0 Å². The maximum absolute atomic E-state index is 11.4. The van der Waals surface area contributed by atoms with Crippen LogP contribution in [0.4, 0.5) is 0 Å². The Morgan fingerprint density at radius 3 is 3.07 bits per heavy atom. The van der Waals surface area contributed by atoms with Crippen LogP contribution in [0.25, 0.3) is 0 Å². The zero-order chi connectivity index (χ0) is 10.4. The second kappa shape index (κ2) is 5.21. The van der Waals surface area contributed by atoms with E-state index in [4.69, 9.17) is 4.42 Å². The van der Waals surface area contributed by atoms with Crippen LogP contribution in [0.15, 0.2) is 23.0 Å². The normalized spacial score (nSPS) is 10.7. The van der Waals surface area contributed by atoms with Gasteiger partial charge in [-0.25, -0.2) is 4.98 Å². The lowest BCUT2D eigenvalue weighted by atomic mass is 10.3. The number of hydrogen-bond donors (Lipinski definition) is 1. The summed E-state index contributed by atoms with van der Waals surface area (Å²) in [6.45, 7) is 4.30. The molecule has 0 atom stereocenters. The minimum atomic E-state index is -0.204. The molecule has 0 spiro atoms. The third kappa shape index (κ3) is 2.73. The summed E-state index contributed by atoms with van der Waals surface area (Å²) in [5.41, 5.74) is 0.619. The number of hydrogen-bond acceptors (Lipinski definition) is 3. The predicted octanol–water partition coefficient (Wildman–Crippen LogP) is 1.68. The highest BCUT2D eigenvalue weighted by Crippen LogP contribution is 2.03. The molecule has 0 aromatic carbocycles. The van der Waals surface area contributed by atoms with Crippen molar-refractivity contribution in [2.24, 2.45) is 0 Å². The van der Waals surface area contributed by atoms with Gasteiger partial charge in [-0.05, 0) is 20.3 Å². The Balaban J connectivity index is 2.40. The number of oxazole rings is 1. The van der Waals surface area contributed by atoms with E-state index in [9.17, 15) is 4.79 Å². The number of carbonyl (C=O) groups excluding carboxylic acids is 1. The third-order valence-electron chi connectivity index (χ3n) is 1.78. The molecule has 0 saturated carbocycles. The summed E-state index contributed by atoms with van der Waals surface area (Å²) in [5, 5.41) is 2.74. The Morgan fingerprint density at radius 1 is 1.71 bits per heavy atom. The predicted molar refractivity (Wildman–Crippen MR) is 53.0 cm³/mol. The van der Waals surface area contributed by atoms with Gasteiger partial charge in [0, 0.05) is 6.54 Å². The molecule has 0 aliphatic heterocycles. The van der Waals surface area contributed by atoms with Gasteiger partial charge >= 0.3 is 0 Å². The average Bonchev–Trinajstić information content (AvgIpc) is 2.59. The van der Waals surface area contributed by atoms with Crippen molar-refractivity contribution in [2.75, 3.05) is 6.54 Å². The Morgan fingerprint density at radius 2 is 2.50 bits per heavy atom. The van der Waals surface area contributed by atoms with Gasteiger partial charge in [0.15, 0.2) is 6.39 Å². The molecule has 76 valence electrons. The number of aromatic nitrogens is 1. The van der Waals surface area contributed by atoms with Gasteiger partial charge in [0.1, 0.15) is 0 Å². The van der Waals surface area contributed by atoms with Crippen LogP contribution in [0.5, 0.6) is 0 Å². The van der Waals surface area contributed by atoms with Crippen molar-refractivity contribution in [1.29, 1.82) is 0 Å². The van der Waals surface area contributed by atoms with Gasteiger partial charge in [-0.3, -0.25) is 4.79 Å². The van der Waals surface area contributed by atoms with Crippen molar-refractivity contribution < 1.29 is 9.21 Å². The highest BCUT2D eigenvalue weighted by molar-refractivity contribution is 5.92. The van der Waals surface area contributed by atoms with E-state index in [-0.39, 0.29) is 5.91 Å². The Hall–Kier alpha value is -1.58. The standard InChI is InChI=1S/C10H14N2O2/c1-3-4-5-6-11-10(13)9-8(2)12-7-14-9/h3-4,7H,5-6H2,1-2H3,(H,11,13)/b4-3+. The number of rotatable bonds is 4. The van der Waals surface area contributed by atoms with Gasteiger partial charge in [-0.1, -0.05) is 12.2 Å². The van der Waals surface area contributed by atoms with Gasteiger partial charge < -0.3 is 9.73 Å². The average molecular weight is 194 g/mol. The summed E-state index contributed by atoms with van der Waals surface area (Å²) >= 11 is 0. The zero-order valence-corrected chi connectivity index (χ0v) is 8.41. The molecule has 0 aliphatic carbocycles. The summed E-state index contributed by atoms with van der Waals surface area (Å²) in [6.07, 6.45) is 6.05. The zero-order valence-electron chi connectivity index (χ0n) is 8.41. The number of carbonyl (C=O) groups is 1. The summed E-state index contributed by atoms with van der Waals surface area (Å²) in [6, 6.07) is 0. The molecular formula is C10H14N2O2. The highest BCUT2D eigenvalue weighted by Gasteiger charge is 2.12. The van der Waals surface area contributed by atoms with Crippen LogP contribution in [-0.2, 0) is 0 Å². The van der Waals surface area contributed by atoms with Crippen molar-refractivity contribution in [3.63, 3.8) is 0 Å². The van der Waals surface area contributed by atoms with E-state index in [1.165, 1.54) is 6.39 Å². The quantitative estimate of drug-likeness (QED) is 0.586. The largest absolute Gasteiger partial charge is 0.438 e. The van der Waals surface area contributed by atoms with Crippen LogP contribution in [0, 0.1) is 6.92 Å². The monoisotopic (exact) mass is 194 g/mol. The molecule has 4 heteroatoms. The summed E-state index contributed by atoms with van der Waals surface area (Å²) in [4.78, 5) is 15.3. The molecule has 1 aromatic heterocycles. The molecule has 1 amide bonds. The summed E-state index contributed by atoms with van der Waals surface area (Å²) in [5.74, 6) is 0.0926. The maximum Gasteiger partial charge on any atom is 0.289 e. The topological polar surface area (TPSA) is 55.1 Å². The van der Waals surface area contributed by atoms with Gasteiger partial charge in [0.05, 0.1) is 5.69 Å². The van der Waals surface area contributed by atoms with Crippen LogP contribution in [-0.4, -0.2) is 17.4 Å². The molecule has 1 aromatic rings. The van der Waals surface area contributed by atoms with Crippen molar-refractivity contribution in [3.8, 4) is 0 Å². The first-order valence-corrected chi connectivity index (χ1v) is 4.55. The second-order valence-corrected chi connectivity index (χ2v) is 2.88. The number of nitrogens with one attached hydrogen (secondary N) is 1. The van der Waals surface area contributed by atoms with Crippen LogP contribution in [0.3, 0.4) is 0 Å². The van der Waals surface area contributed by atoms with Gasteiger partial charge in [0.25, 0.3) is 5.91 Å². The fourth-order valence-electron chi connectivity index (χ4n) is 1.04. The first kappa shape index (κ1) is 10.5. The van der Waals surface area contributed by atoms with Crippen LogP contribution in [0.2, 0.25) is 0 Å². The lowest BCUT2D eigenvalue weighted by Crippen LogP contribution is -2.24. The van der Waals surface area contributed by atoms with E-state index < -0.39 is 0 Å². The van der Waals surface area contributed by atoms with Crippen LogP contribution < -0.4 is 5.32 Å². The molecule has 0 aliphatic rings. The van der Waals surface area contributed by atoms with Gasteiger partial charge in [0.2, 0.25) is 5.76 Å². The van der Waals surface area contributed by atoms with Gasteiger partial charge in [-0.2, -0.15) is 0 Å². The van der Waals surface area contributed by atoms with Gasteiger partial charge in [-0.15, -0.1) is 0 Å². The van der Waals surface area contributed by atoms with E-state index in [1.807, 2.05) is 19.1 Å². The summed E-state index contributed by atoms with van der Waals surface area (Å²) < 4.78 is 4.94. The molecular weight excluding hydrogens is 180 g/mol. The molecule has 0 fully saturated rings. The maximum atomic E-state index is 11.4. The molecule has 1 heterocycles. The van der Waals surface area contributed by atoms with E-state index in [2.05, 4.69) is 10.3 Å². The highest BCUT2D eigenvalue weighted by atomic mass is 16.3.